The SMILES string of the molecule is O=C(Nc1ccc(N2CCOCC2=O)cc1)O[C@@H]1C[C@@H](O)CN1C(=O)/C=C/c1cccs1. The molecule has 0 aliphatic carbocycles. The van der Waals surface area contributed by atoms with Crippen LogP contribution in [0.4, 0.5) is 16.2 Å². The number of carbonyl (C=O) groups is 3. The minimum atomic E-state index is -0.865. The summed E-state index contributed by atoms with van der Waals surface area (Å²) in [5.74, 6) is -0.457. The van der Waals surface area contributed by atoms with Crippen LogP contribution in [0.2, 0.25) is 0 Å². The molecule has 2 saturated heterocycles. The Hall–Kier alpha value is -3.21. The summed E-state index contributed by atoms with van der Waals surface area (Å²) in [5.41, 5.74) is 1.19. The van der Waals surface area contributed by atoms with Crippen LogP contribution in [0, 0.1) is 0 Å². The molecule has 168 valence electrons. The molecule has 2 aliphatic rings. The number of rotatable bonds is 5. The lowest BCUT2D eigenvalue weighted by atomic mass is 10.2. The first kappa shape index (κ1) is 22.0. The van der Waals surface area contributed by atoms with Crippen molar-refractivity contribution in [1.82, 2.24) is 4.90 Å². The number of aliphatic hydroxyl groups is 1. The van der Waals surface area contributed by atoms with Gasteiger partial charge >= 0.3 is 6.09 Å². The number of anilines is 2. The second-order valence-electron chi connectivity index (χ2n) is 7.36. The summed E-state index contributed by atoms with van der Waals surface area (Å²) in [6, 6.07) is 10.5. The second kappa shape index (κ2) is 9.94. The topological polar surface area (TPSA) is 108 Å². The Morgan fingerprint density at radius 2 is 2.06 bits per heavy atom. The molecule has 3 heterocycles. The van der Waals surface area contributed by atoms with Crippen LogP contribution < -0.4 is 10.2 Å². The molecule has 9 nitrogen and oxygen atoms in total. The largest absolute Gasteiger partial charge is 0.425 e. The Bertz CT molecular complexity index is 992. The number of nitrogens with one attached hydrogen (secondary N) is 1. The Balaban J connectivity index is 1.34. The van der Waals surface area contributed by atoms with Gasteiger partial charge in [-0.1, -0.05) is 6.07 Å². The van der Waals surface area contributed by atoms with E-state index in [-0.39, 0.29) is 31.4 Å². The minimum Gasteiger partial charge on any atom is -0.425 e. The van der Waals surface area contributed by atoms with Crippen LogP contribution in [0.25, 0.3) is 6.08 Å². The van der Waals surface area contributed by atoms with E-state index in [9.17, 15) is 19.5 Å². The molecule has 2 atom stereocenters. The number of amides is 3. The number of hydrogen-bond donors (Lipinski definition) is 2. The van der Waals surface area contributed by atoms with Crippen molar-refractivity contribution in [3.05, 3.63) is 52.7 Å². The summed E-state index contributed by atoms with van der Waals surface area (Å²) in [5, 5.41) is 14.5. The zero-order valence-corrected chi connectivity index (χ0v) is 18.0. The van der Waals surface area contributed by atoms with Gasteiger partial charge in [-0.05, 0) is 41.8 Å². The molecule has 4 rings (SSSR count). The number of hydrogen-bond acceptors (Lipinski definition) is 7. The minimum absolute atomic E-state index is 0.0529. The van der Waals surface area contributed by atoms with Crippen molar-refractivity contribution >= 4 is 46.7 Å². The highest BCUT2D eigenvalue weighted by Gasteiger charge is 2.36. The van der Waals surface area contributed by atoms with Crippen LogP contribution in [0.1, 0.15) is 11.3 Å². The van der Waals surface area contributed by atoms with Gasteiger partial charge in [-0.15, -0.1) is 11.3 Å². The number of aliphatic hydroxyl groups excluding tert-OH is 1. The predicted molar refractivity (Wildman–Crippen MR) is 119 cm³/mol. The maximum Gasteiger partial charge on any atom is 0.413 e. The number of morpholine rings is 1. The van der Waals surface area contributed by atoms with Crippen LogP contribution in [0.5, 0.6) is 0 Å². The molecule has 0 spiro atoms. The summed E-state index contributed by atoms with van der Waals surface area (Å²) in [7, 11) is 0. The Labute approximate surface area is 188 Å². The van der Waals surface area contributed by atoms with Gasteiger partial charge in [0.05, 0.1) is 19.3 Å². The van der Waals surface area contributed by atoms with E-state index >= 15 is 0 Å². The summed E-state index contributed by atoms with van der Waals surface area (Å²) in [6.07, 6.45) is 0.871. The van der Waals surface area contributed by atoms with Crippen LogP contribution in [-0.4, -0.2) is 66.5 Å². The normalized spacial score (nSPS) is 21.2. The molecule has 2 aromatic rings. The summed E-state index contributed by atoms with van der Waals surface area (Å²) < 4.78 is 10.5. The Morgan fingerprint density at radius 3 is 2.78 bits per heavy atom. The standard InChI is InChI=1S/C22H23N3O6S/c26-17-12-21(25(13-17)19(27)8-7-18-2-1-11-32-18)31-22(29)23-15-3-5-16(6-4-15)24-9-10-30-14-20(24)28/h1-8,11,17,21,26H,9-10,12-14H2,(H,23,29)/b8-7+/t17-,21-/m1/s1. The zero-order chi connectivity index (χ0) is 22.5. The average Bonchev–Trinajstić information content (AvgIpc) is 3.42. The van der Waals surface area contributed by atoms with Crippen LogP contribution in [0.3, 0.4) is 0 Å². The van der Waals surface area contributed by atoms with E-state index in [4.69, 9.17) is 9.47 Å². The first-order chi connectivity index (χ1) is 15.5. The van der Waals surface area contributed by atoms with Gasteiger partial charge in [0.2, 0.25) is 5.91 Å². The zero-order valence-electron chi connectivity index (χ0n) is 17.2. The molecule has 0 radical (unpaired) electrons. The third-order valence-corrected chi connectivity index (χ3v) is 5.94. The lowest BCUT2D eigenvalue weighted by Crippen LogP contribution is -2.41. The molecule has 0 saturated carbocycles. The van der Waals surface area contributed by atoms with Gasteiger partial charge in [0.25, 0.3) is 5.91 Å². The molecular weight excluding hydrogens is 434 g/mol. The van der Waals surface area contributed by atoms with Crippen LogP contribution in [-0.2, 0) is 19.1 Å². The average molecular weight is 458 g/mol. The lowest BCUT2D eigenvalue weighted by molar-refractivity contribution is -0.132. The molecule has 1 aromatic heterocycles. The number of benzene rings is 1. The fourth-order valence-corrected chi connectivity index (χ4v) is 4.16. The molecule has 2 aliphatic heterocycles. The number of thiophene rings is 1. The van der Waals surface area contributed by atoms with E-state index in [1.807, 2.05) is 17.5 Å². The smallest absolute Gasteiger partial charge is 0.413 e. The van der Waals surface area contributed by atoms with E-state index in [0.29, 0.717) is 24.5 Å². The molecule has 0 bridgehead atoms. The van der Waals surface area contributed by atoms with E-state index < -0.39 is 18.4 Å². The third-order valence-electron chi connectivity index (χ3n) is 5.10. The van der Waals surface area contributed by atoms with Crippen molar-refractivity contribution in [3.63, 3.8) is 0 Å². The first-order valence-corrected chi connectivity index (χ1v) is 11.0. The molecule has 2 N–H and O–H groups in total. The van der Waals surface area contributed by atoms with Crippen LogP contribution >= 0.6 is 11.3 Å². The van der Waals surface area contributed by atoms with Gasteiger partial charge in [-0.25, -0.2) is 4.79 Å². The van der Waals surface area contributed by atoms with Gasteiger partial charge in [0.15, 0.2) is 6.23 Å². The Morgan fingerprint density at radius 1 is 1.25 bits per heavy atom. The van der Waals surface area contributed by atoms with E-state index in [2.05, 4.69) is 5.32 Å². The van der Waals surface area contributed by atoms with Gasteiger partial charge in [-0.2, -0.15) is 0 Å². The number of likely N-dealkylation sites (tertiary alicyclic amines) is 1. The number of β-amino-alcohol motifs (C(OH)–C–C–N with tert-alkyl or cyclic N) is 1. The second-order valence-corrected chi connectivity index (χ2v) is 8.34. The van der Waals surface area contributed by atoms with E-state index in [1.165, 1.54) is 22.3 Å². The highest BCUT2D eigenvalue weighted by atomic mass is 32.1. The maximum absolute atomic E-state index is 12.5. The van der Waals surface area contributed by atoms with Crippen molar-refractivity contribution in [2.45, 2.75) is 18.8 Å². The van der Waals surface area contributed by atoms with Crippen molar-refractivity contribution in [2.24, 2.45) is 0 Å². The monoisotopic (exact) mass is 457 g/mol. The molecule has 2 fully saturated rings. The molecule has 10 heteroatoms. The Kier molecular flexibility index (Phi) is 6.84. The number of carbonyl (C=O) groups excluding carboxylic acids is 3. The summed E-state index contributed by atoms with van der Waals surface area (Å²) >= 11 is 1.50. The quantitative estimate of drug-likeness (QED) is 0.667. The molecule has 1 aromatic carbocycles. The fourth-order valence-electron chi connectivity index (χ4n) is 3.54. The lowest BCUT2D eigenvalue weighted by Gasteiger charge is -2.27. The molecule has 0 unspecified atom stereocenters. The maximum atomic E-state index is 12.5. The molecule has 3 amide bonds. The predicted octanol–water partition coefficient (Wildman–Crippen LogP) is 2.29. The summed E-state index contributed by atoms with van der Waals surface area (Å²) in [6.45, 7) is 1.09. The third kappa shape index (κ3) is 5.34. The number of nitrogens with zero attached hydrogens (tertiary/aromatic N) is 2. The van der Waals surface area contributed by atoms with Crippen molar-refractivity contribution in [2.75, 3.05) is 36.5 Å². The van der Waals surface area contributed by atoms with Gasteiger partial charge in [0, 0.05) is 35.3 Å². The molecular formula is C22H23N3O6S. The summed E-state index contributed by atoms with van der Waals surface area (Å²) in [4.78, 5) is 40.7. The number of ether oxygens (including phenoxy) is 2. The first-order valence-electron chi connectivity index (χ1n) is 10.2. The van der Waals surface area contributed by atoms with Gasteiger partial charge in [-0.3, -0.25) is 14.9 Å². The van der Waals surface area contributed by atoms with Crippen molar-refractivity contribution < 1.29 is 29.0 Å². The highest BCUT2D eigenvalue weighted by molar-refractivity contribution is 7.10. The van der Waals surface area contributed by atoms with Crippen molar-refractivity contribution in [1.29, 1.82) is 0 Å². The van der Waals surface area contributed by atoms with E-state index in [1.54, 1.807) is 35.2 Å². The van der Waals surface area contributed by atoms with E-state index in [0.717, 1.165) is 4.88 Å². The molecule has 32 heavy (non-hydrogen) atoms. The van der Waals surface area contributed by atoms with Crippen molar-refractivity contribution in [3.8, 4) is 0 Å². The van der Waals surface area contributed by atoms with Gasteiger partial charge in [0.1, 0.15) is 6.61 Å². The highest BCUT2D eigenvalue weighted by Crippen LogP contribution is 2.23. The van der Waals surface area contributed by atoms with Gasteiger partial charge < -0.3 is 24.4 Å². The fraction of sp³-hybridized carbons (Fsp3) is 0.318. The van der Waals surface area contributed by atoms with Crippen LogP contribution in [0.15, 0.2) is 47.9 Å².